The Bertz CT molecular complexity index is 2080. The van der Waals surface area contributed by atoms with Crippen molar-refractivity contribution < 1.29 is 59.0 Å². The molecule has 0 saturated heterocycles. The predicted octanol–water partition coefficient (Wildman–Crippen LogP) is 15.5. The maximum atomic E-state index is 13.4. The molecule has 0 spiro atoms. The van der Waals surface area contributed by atoms with Crippen molar-refractivity contribution in [3.05, 3.63) is 89.0 Å². The molecule has 17 heteroatoms. The summed E-state index contributed by atoms with van der Waals surface area (Å²) in [4.78, 5) is 53.7. The minimum absolute atomic E-state index is 0. The second kappa shape index (κ2) is 25.8. The van der Waals surface area contributed by atoms with Gasteiger partial charge in [-0.05, 0) is 97.8 Å². The number of anilines is 2. The molecule has 1 aliphatic heterocycles. The van der Waals surface area contributed by atoms with Crippen molar-refractivity contribution in [3.8, 4) is 0 Å². The molecule has 1 heterocycles. The number of benzene rings is 3. The van der Waals surface area contributed by atoms with Gasteiger partial charge < -0.3 is 19.9 Å². The van der Waals surface area contributed by atoms with E-state index in [1.165, 1.54) is 43.3 Å². The van der Waals surface area contributed by atoms with Gasteiger partial charge in [0.15, 0.2) is 5.12 Å². The van der Waals surface area contributed by atoms with Gasteiger partial charge in [-0.3, -0.25) is 14.4 Å². The quantitative estimate of drug-likeness (QED) is 0.143. The zero-order valence-corrected chi connectivity index (χ0v) is 40.6. The van der Waals surface area contributed by atoms with Gasteiger partial charge >= 0.3 is 18.4 Å². The topological polar surface area (TPSA) is 96.0 Å². The van der Waals surface area contributed by atoms with Crippen molar-refractivity contribution in [2.24, 2.45) is 17.3 Å². The van der Waals surface area contributed by atoms with Gasteiger partial charge in [0, 0.05) is 53.9 Å². The summed E-state index contributed by atoms with van der Waals surface area (Å²) >= 11 is 1.24. The Morgan fingerprint density at radius 3 is 1.91 bits per heavy atom. The second-order valence-electron chi connectivity index (χ2n) is 17.5. The number of amides is 3. The van der Waals surface area contributed by atoms with Crippen molar-refractivity contribution in [1.29, 1.82) is 0 Å². The molecule has 3 amide bonds. The second-order valence-corrected chi connectivity index (χ2v) is 18.6. The molecule has 68 heavy (non-hydrogen) atoms. The summed E-state index contributed by atoms with van der Waals surface area (Å²) in [5.41, 5.74) is -1.25. The van der Waals surface area contributed by atoms with Crippen molar-refractivity contribution in [3.63, 3.8) is 0 Å². The number of nitrogens with one attached hydrogen (secondary N) is 1. The predicted molar refractivity (Wildman–Crippen MR) is 254 cm³/mol. The van der Waals surface area contributed by atoms with Gasteiger partial charge in [0.2, 0.25) is 11.8 Å². The third-order valence-corrected chi connectivity index (χ3v) is 13.7. The van der Waals surface area contributed by atoms with Crippen LogP contribution >= 0.6 is 11.8 Å². The minimum Gasteiger partial charge on any atom is -0.453 e. The Hall–Kier alpha value is -4.67. The summed E-state index contributed by atoms with van der Waals surface area (Å²) in [7, 11) is 2.71. The van der Waals surface area contributed by atoms with Crippen LogP contribution in [-0.4, -0.2) is 48.1 Å². The SMILES string of the molecule is C.CC(F)(F)c1cccc(C(F)(F)F)c1.CCC(=O)N1c2ccc(C(F)(F)F)cc2[C@@H](N(C)C(=O)OC)C[C@H]1CC.CCC(CC)CC1(C(=O)Nc2ccccc2SC(=O)C(C)C)CCCCC1. The Morgan fingerprint density at radius 1 is 0.824 bits per heavy atom. The minimum atomic E-state index is -4.58. The summed E-state index contributed by atoms with van der Waals surface area (Å²) in [5, 5.41) is 3.33. The van der Waals surface area contributed by atoms with Gasteiger partial charge in [-0.25, -0.2) is 13.6 Å². The van der Waals surface area contributed by atoms with E-state index in [0.717, 1.165) is 85.9 Å². The molecule has 3 aromatic carbocycles. The van der Waals surface area contributed by atoms with Crippen LogP contribution in [0.25, 0.3) is 0 Å². The average molecular weight is 988 g/mol. The first-order chi connectivity index (χ1) is 31.3. The zero-order chi connectivity index (χ0) is 50.5. The molecule has 5 rings (SSSR count). The molecule has 380 valence electrons. The molecule has 1 saturated carbocycles. The Morgan fingerprint density at radius 2 is 1.40 bits per heavy atom. The summed E-state index contributed by atoms with van der Waals surface area (Å²) in [5.74, 6) is -2.68. The molecule has 0 radical (unpaired) electrons. The van der Waals surface area contributed by atoms with Crippen LogP contribution in [-0.2, 0) is 37.4 Å². The zero-order valence-electron chi connectivity index (χ0n) is 39.8. The largest absolute Gasteiger partial charge is 0.453 e. The highest BCUT2D eigenvalue weighted by atomic mass is 32.2. The van der Waals surface area contributed by atoms with Crippen LogP contribution in [0.2, 0.25) is 0 Å². The van der Waals surface area contributed by atoms with Crippen molar-refractivity contribution >= 4 is 46.2 Å². The van der Waals surface area contributed by atoms with Gasteiger partial charge in [-0.15, -0.1) is 0 Å². The molecular weight excluding hydrogens is 919 g/mol. The number of para-hydroxylation sites is 1. The van der Waals surface area contributed by atoms with E-state index in [0.29, 0.717) is 43.0 Å². The summed E-state index contributed by atoms with van der Waals surface area (Å²) in [6, 6.07) is 13.4. The van der Waals surface area contributed by atoms with E-state index in [9.17, 15) is 54.3 Å². The number of alkyl halides is 8. The first-order valence-corrected chi connectivity index (χ1v) is 23.6. The number of carbonyl (C=O) groups is 4. The normalized spacial score (nSPS) is 16.8. The first kappa shape index (κ1) is 59.5. The number of ether oxygens (including phenoxy) is 1. The molecule has 0 aromatic heterocycles. The van der Waals surface area contributed by atoms with E-state index >= 15 is 0 Å². The molecule has 0 bridgehead atoms. The van der Waals surface area contributed by atoms with Gasteiger partial charge in [-0.1, -0.05) is 105 Å². The fourth-order valence-electron chi connectivity index (χ4n) is 8.39. The fraction of sp³-hybridized carbons (Fsp3) is 0.569. The molecule has 8 nitrogen and oxygen atoms in total. The number of nitrogens with zero attached hydrogens (tertiary/aromatic N) is 2. The lowest BCUT2D eigenvalue weighted by Gasteiger charge is -2.43. The standard InChI is InChI=1S/C23H35NO2S.C18H23F3N2O3.C9H7F5.CH4/c1-5-18(6-2)16-23(14-10-7-11-15-23)22(26)24-19-12-8-9-13-20(19)27-21(25)17(3)4;1-5-12-10-15(22(3)17(25)26-4)13-9-11(18(19,20)21)7-8-14(13)23(12)16(24)6-2;1-8(10,11)6-3-2-4-7(5-6)9(12,13)14;/h8-9,12-13,17-18H,5-7,10-11,14-16H2,1-4H3,(H,24,26);7-9,12,15H,5-6,10H2,1-4H3;2-5H,1H3;1H4/t;12-,15+;;/m.1../s1. The molecule has 2 atom stereocenters. The van der Waals surface area contributed by atoms with Gasteiger partial charge in [0.1, 0.15) is 0 Å². The summed E-state index contributed by atoms with van der Waals surface area (Å²) < 4.78 is 106. The van der Waals surface area contributed by atoms with Gasteiger partial charge in [0.05, 0.1) is 30.0 Å². The molecule has 3 aromatic rings. The number of carbonyl (C=O) groups excluding carboxylic acids is 4. The lowest BCUT2D eigenvalue weighted by atomic mass is 9.67. The van der Waals surface area contributed by atoms with Gasteiger partial charge in [-0.2, -0.15) is 26.3 Å². The number of fused-ring (bicyclic) bond motifs is 1. The third kappa shape index (κ3) is 15.9. The number of hydrogen-bond acceptors (Lipinski definition) is 6. The van der Waals surface area contributed by atoms with Crippen LogP contribution in [0.15, 0.2) is 71.6 Å². The number of hydrogen-bond donors (Lipinski definition) is 1. The molecule has 1 N–H and O–H groups in total. The van der Waals surface area contributed by atoms with E-state index in [1.54, 1.807) is 11.8 Å². The summed E-state index contributed by atoms with van der Waals surface area (Å²) in [6.07, 6.45) is 0.182. The smallest absolute Gasteiger partial charge is 0.416 e. The molecule has 1 fully saturated rings. The van der Waals surface area contributed by atoms with Crippen LogP contribution in [0.1, 0.15) is 155 Å². The third-order valence-electron chi connectivity index (χ3n) is 12.4. The highest BCUT2D eigenvalue weighted by Crippen LogP contribution is 2.46. The van der Waals surface area contributed by atoms with E-state index in [2.05, 4.69) is 19.2 Å². The maximum Gasteiger partial charge on any atom is 0.416 e. The van der Waals surface area contributed by atoms with Crippen LogP contribution < -0.4 is 10.2 Å². The Labute approximate surface area is 401 Å². The number of halogens is 8. The number of thioether (sulfide) groups is 1. The Balaban J connectivity index is 0.000000365. The molecule has 1 aliphatic carbocycles. The van der Waals surface area contributed by atoms with E-state index < -0.39 is 47.1 Å². The van der Waals surface area contributed by atoms with E-state index in [-0.39, 0.29) is 48.2 Å². The monoisotopic (exact) mass is 987 g/mol. The number of rotatable bonds is 12. The highest BCUT2D eigenvalue weighted by molar-refractivity contribution is 8.13. The van der Waals surface area contributed by atoms with Crippen molar-refractivity contribution in [1.82, 2.24) is 4.90 Å². The van der Waals surface area contributed by atoms with Crippen LogP contribution in [0, 0.1) is 17.3 Å². The maximum absolute atomic E-state index is 13.4. The van der Waals surface area contributed by atoms with Gasteiger partial charge in [0.25, 0.3) is 5.92 Å². The fourth-order valence-corrected chi connectivity index (χ4v) is 9.22. The van der Waals surface area contributed by atoms with Crippen LogP contribution in [0.3, 0.4) is 0 Å². The lowest BCUT2D eigenvalue weighted by Crippen LogP contribution is -2.47. The Kier molecular flexibility index (Phi) is 22.6. The highest BCUT2D eigenvalue weighted by Gasteiger charge is 2.42. The number of methoxy groups -OCH3 is 1. The molecule has 0 unspecified atom stereocenters. The lowest BCUT2D eigenvalue weighted by molar-refractivity contribution is -0.138. The van der Waals surface area contributed by atoms with Crippen molar-refractivity contribution in [2.75, 3.05) is 24.4 Å². The average Bonchev–Trinajstić information content (AvgIpc) is 3.29. The molecule has 2 aliphatic rings. The van der Waals surface area contributed by atoms with E-state index in [4.69, 9.17) is 4.74 Å². The van der Waals surface area contributed by atoms with Crippen molar-refractivity contribution in [2.45, 2.75) is 162 Å². The first-order valence-electron chi connectivity index (χ1n) is 22.8. The van der Waals surface area contributed by atoms with Crippen LogP contribution in [0.5, 0.6) is 0 Å². The molecular formula is C51H69F8N3O5S. The summed E-state index contributed by atoms with van der Waals surface area (Å²) in [6.45, 7) is 12.4. The van der Waals surface area contributed by atoms with E-state index in [1.807, 2.05) is 45.0 Å². The van der Waals surface area contributed by atoms with Crippen LogP contribution in [0.4, 0.5) is 51.3 Å².